The largest absolute Gasteiger partial charge is 0.329 e. The highest BCUT2D eigenvalue weighted by molar-refractivity contribution is 5.90. The summed E-state index contributed by atoms with van der Waals surface area (Å²) in [4.78, 5) is 11.5. The molecule has 1 N–H and O–H groups in total. The Balaban J connectivity index is 2.09. The third-order valence-electron chi connectivity index (χ3n) is 1.93. The number of benzene rings is 1. The van der Waals surface area contributed by atoms with Crippen LogP contribution in [0.1, 0.15) is 0 Å². The zero-order valence-corrected chi connectivity index (χ0v) is 7.85. The van der Waals surface area contributed by atoms with E-state index in [-0.39, 0.29) is 11.8 Å². The van der Waals surface area contributed by atoms with Crippen molar-refractivity contribution in [3.63, 3.8) is 0 Å². The van der Waals surface area contributed by atoms with Crippen LogP contribution in [0.25, 0.3) is 0 Å². The van der Waals surface area contributed by atoms with Crippen LogP contribution in [0.15, 0.2) is 48.8 Å². The Morgan fingerprint density at radius 2 is 1.73 bits per heavy atom. The molecule has 0 radical (unpaired) electrons. The minimum absolute atomic E-state index is 0.272. The summed E-state index contributed by atoms with van der Waals surface area (Å²) in [5.74, 6) is -0.325. The van der Waals surface area contributed by atoms with Crippen LogP contribution in [0.3, 0.4) is 0 Å². The quantitative estimate of drug-likeness (QED) is 0.761. The van der Waals surface area contributed by atoms with Gasteiger partial charge in [0.1, 0.15) is 5.82 Å². The molecule has 0 saturated heterocycles. The number of aromatic nitrogens is 1. The zero-order chi connectivity index (χ0) is 10.7. The molecule has 76 valence electrons. The lowest BCUT2D eigenvalue weighted by molar-refractivity contribution is 0.253. The summed E-state index contributed by atoms with van der Waals surface area (Å²) in [6.07, 6.45) is 3.28. The number of nitrogens with one attached hydrogen (secondary N) is 1. The molecule has 0 bridgehead atoms. The van der Waals surface area contributed by atoms with Crippen molar-refractivity contribution in [2.24, 2.45) is 0 Å². The molecule has 3 nitrogen and oxygen atoms in total. The lowest BCUT2D eigenvalue weighted by Crippen LogP contribution is -2.17. The van der Waals surface area contributed by atoms with Gasteiger partial charge in [-0.2, -0.15) is 0 Å². The summed E-state index contributed by atoms with van der Waals surface area (Å²) in [6, 6.07) is 8.85. The summed E-state index contributed by atoms with van der Waals surface area (Å²) in [7, 11) is 0. The van der Waals surface area contributed by atoms with Crippen LogP contribution in [0.5, 0.6) is 0 Å². The van der Waals surface area contributed by atoms with Crippen molar-refractivity contribution in [1.82, 2.24) is 4.57 Å². The van der Waals surface area contributed by atoms with Crippen molar-refractivity contribution in [2.45, 2.75) is 0 Å². The first-order chi connectivity index (χ1) is 7.25. The number of halogens is 1. The van der Waals surface area contributed by atoms with Gasteiger partial charge in [0, 0.05) is 18.1 Å². The molecule has 0 unspecified atom stereocenters. The molecule has 1 heterocycles. The number of amides is 1. The van der Waals surface area contributed by atoms with E-state index >= 15 is 0 Å². The number of rotatable bonds is 1. The van der Waals surface area contributed by atoms with Crippen LogP contribution < -0.4 is 5.32 Å². The Kier molecular flexibility index (Phi) is 2.49. The molecule has 1 aromatic carbocycles. The topological polar surface area (TPSA) is 34.0 Å². The highest BCUT2D eigenvalue weighted by atomic mass is 19.1. The molecule has 0 saturated carbocycles. The average Bonchev–Trinajstić information content (AvgIpc) is 2.74. The van der Waals surface area contributed by atoms with Crippen molar-refractivity contribution < 1.29 is 9.18 Å². The Morgan fingerprint density at radius 1 is 1.13 bits per heavy atom. The molecule has 0 aliphatic rings. The van der Waals surface area contributed by atoms with Crippen molar-refractivity contribution in [2.75, 3.05) is 5.32 Å². The van der Waals surface area contributed by atoms with E-state index in [0.29, 0.717) is 5.69 Å². The van der Waals surface area contributed by atoms with Crippen LogP contribution >= 0.6 is 0 Å². The minimum atomic E-state index is -0.325. The second-order valence-corrected chi connectivity index (χ2v) is 3.03. The predicted octanol–water partition coefficient (Wildman–Crippen LogP) is 2.71. The molecule has 0 spiro atoms. The molecule has 0 fully saturated rings. The van der Waals surface area contributed by atoms with Crippen LogP contribution in [-0.2, 0) is 0 Å². The second-order valence-electron chi connectivity index (χ2n) is 3.03. The lowest BCUT2D eigenvalue weighted by Gasteiger charge is -2.04. The monoisotopic (exact) mass is 204 g/mol. The standard InChI is InChI=1S/C11H9FN2O/c12-9-3-5-10(6-4-9)13-11(15)14-7-1-2-8-14/h1-8H,(H,13,15). The molecule has 0 atom stereocenters. The van der Waals surface area contributed by atoms with Gasteiger partial charge in [-0.15, -0.1) is 0 Å². The molecule has 0 aliphatic heterocycles. The van der Waals surface area contributed by atoms with E-state index in [1.54, 1.807) is 24.5 Å². The highest BCUT2D eigenvalue weighted by Gasteiger charge is 2.02. The van der Waals surface area contributed by atoms with E-state index < -0.39 is 0 Å². The normalized spacial score (nSPS) is 9.93. The van der Waals surface area contributed by atoms with Crippen molar-refractivity contribution in [3.05, 3.63) is 54.6 Å². The first kappa shape index (κ1) is 9.45. The van der Waals surface area contributed by atoms with Gasteiger partial charge in [0.2, 0.25) is 0 Å². The van der Waals surface area contributed by atoms with Gasteiger partial charge in [0.05, 0.1) is 0 Å². The fourth-order valence-electron chi connectivity index (χ4n) is 1.19. The van der Waals surface area contributed by atoms with Crippen molar-refractivity contribution in [3.8, 4) is 0 Å². The first-order valence-corrected chi connectivity index (χ1v) is 4.45. The Morgan fingerprint density at radius 3 is 2.33 bits per heavy atom. The number of anilines is 1. The average molecular weight is 204 g/mol. The van der Waals surface area contributed by atoms with Gasteiger partial charge in [-0.05, 0) is 36.4 Å². The summed E-state index contributed by atoms with van der Waals surface area (Å²) in [6.45, 7) is 0. The van der Waals surface area contributed by atoms with Crippen LogP contribution in [0, 0.1) is 5.82 Å². The zero-order valence-electron chi connectivity index (χ0n) is 7.85. The van der Waals surface area contributed by atoms with E-state index in [1.807, 2.05) is 0 Å². The maximum absolute atomic E-state index is 12.6. The Hall–Kier alpha value is -2.10. The van der Waals surface area contributed by atoms with Crippen LogP contribution in [0.2, 0.25) is 0 Å². The van der Waals surface area contributed by atoms with Gasteiger partial charge in [-0.1, -0.05) is 0 Å². The van der Waals surface area contributed by atoms with E-state index in [1.165, 1.54) is 28.8 Å². The van der Waals surface area contributed by atoms with E-state index in [2.05, 4.69) is 5.32 Å². The fourth-order valence-corrected chi connectivity index (χ4v) is 1.19. The molecule has 15 heavy (non-hydrogen) atoms. The molecular formula is C11H9FN2O. The summed E-state index contributed by atoms with van der Waals surface area (Å²) < 4.78 is 14.0. The summed E-state index contributed by atoms with van der Waals surface area (Å²) in [5.41, 5.74) is 0.565. The Bertz CT molecular complexity index is 448. The summed E-state index contributed by atoms with van der Waals surface area (Å²) >= 11 is 0. The van der Waals surface area contributed by atoms with Gasteiger partial charge in [-0.25, -0.2) is 9.18 Å². The molecular weight excluding hydrogens is 195 g/mol. The molecule has 1 amide bonds. The SMILES string of the molecule is O=C(Nc1ccc(F)cc1)n1cccc1. The maximum Gasteiger partial charge on any atom is 0.329 e. The first-order valence-electron chi connectivity index (χ1n) is 4.45. The van der Waals surface area contributed by atoms with Gasteiger partial charge in [0.25, 0.3) is 0 Å². The van der Waals surface area contributed by atoms with E-state index in [0.717, 1.165) is 0 Å². The van der Waals surface area contributed by atoms with Crippen molar-refractivity contribution >= 4 is 11.7 Å². The molecule has 4 heteroatoms. The van der Waals surface area contributed by atoms with Gasteiger partial charge >= 0.3 is 6.03 Å². The van der Waals surface area contributed by atoms with E-state index in [9.17, 15) is 9.18 Å². The molecule has 0 aliphatic carbocycles. The fraction of sp³-hybridized carbons (Fsp3) is 0. The lowest BCUT2D eigenvalue weighted by atomic mass is 10.3. The van der Waals surface area contributed by atoms with Crippen molar-refractivity contribution in [1.29, 1.82) is 0 Å². The number of nitrogens with zero attached hydrogens (tertiary/aromatic N) is 1. The number of carbonyl (C=O) groups is 1. The van der Waals surface area contributed by atoms with Gasteiger partial charge in [-0.3, -0.25) is 4.57 Å². The molecule has 1 aromatic heterocycles. The second kappa shape index (κ2) is 3.96. The van der Waals surface area contributed by atoms with Gasteiger partial charge < -0.3 is 5.32 Å². The van der Waals surface area contributed by atoms with Gasteiger partial charge in [0.15, 0.2) is 0 Å². The van der Waals surface area contributed by atoms with E-state index in [4.69, 9.17) is 0 Å². The molecule has 2 rings (SSSR count). The molecule has 2 aromatic rings. The Labute approximate surface area is 86.1 Å². The predicted molar refractivity (Wildman–Crippen MR) is 55.2 cm³/mol. The number of hydrogen-bond donors (Lipinski definition) is 1. The smallest absolute Gasteiger partial charge is 0.307 e. The van der Waals surface area contributed by atoms with Crippen LogP contribution in [-0.4, -0.2) is 10.6 Å². The minimum Gasteiger partial charge on any atom is -0.307 e. The highest BCUT2D eigenvalue weighted by Crippen LogP contribution is 2.08. The maximum atomic E-state index is 12.6. The third kappa shape index (κ3) is 2.22. The van der Waals surface area contributed by atoms with Crippen LogP contribution in [0.4, 0.5) is 14.9 Å². The number of hydrogen-bond acceptors (Lipinski definition) is 1. The number of carbonyl (C=O) groups excluding carboxylic acids is 1. The third-order valence-corrected chi connectivity index (χ3v) is 1.93. The summed E-state index contributed by atoms with van der Waals surface area (Å²) in [5, 5.41) is 2.63.